The molecule has 1 saturated heterocycles. The van der Waals surface area contributed by atoms with Crippen molar-refractivity contribution in [3.63, 3.8) is 0 Å². The van der Waals surface area contributed by atoms with Crippen molar-refractivity contribution in [2.45, 2.75) is 18.9 Å². The number of nitrogens with one attached hydrogen (secondary N) is 2. The van der Waals surface area contributed by atoms with Crippen molar-refractivity contribution in [1.29, 1.82) is 0 Å². The highest BCUT2D eigenvalue weighted by Crippen LogP contribution is 2.55. The Morgan fingerprint density at radius 2 is 2.14 bits per heavy atom. The monoisotopic (exact) mass is 430 g/mol. The summed E-state index contributed by atoms with van der Waals surface area (Å²) in [6.45, 7) is 1.34. The van der Waals surface area contributed by atoms with Crippen LogP contribution in [0.15, 0.2) is 36.8 Å². The number of H-pyrrole nitrogens is 1. The van der Waals surface area contributed by atoms with Gasteiger partial charge in [0.15, 0.2) is 0 Å². The third-order valence-electron chi connectivity index (χ3n) is 6.11. The first-order valence-electron chi connectivity index (χ1n) is 9.49. The van der Waals surface area contributed by atoms with E-state index in [4.69, 9.17) is 23.2 Å². The Hall–Kier alpha value is -2.51. The van der Waals surface area contributed by atoms with E-state index in [1.54, 1.807) is 24.5 Å². The largest absolute Gasteiger partial charge is 0.354 e. The second kappa shape index (κ2) is 6.78. The first kappa shape index (κ1) is 18.5. The standard InChI is InChI=1S/C20H20Cl2N6O/c1-27(18-12-5-8-23-17(12)24-11-25-18)15-9-28(10-20(15)6-7-20)19(29)26-14-4-2-3-13(21)16(14)22/h2-5,8,11,15H,6-7,9-10H2,1H3,(H,26,29)(H,23,24,25). The van der Waals surface area contributed by atoms with Crippen LogP contribution in [-0.4, -0.2) is 52.1 Å². The van der Waals surface area contributed by atoms with E-state index < -0.39 is 0 Å². The summed E-state index contributed by atoms with van der Waals surface area (Å²) in [7, 11) is 2.05. The zero-order valence-electron chi connectivity index (χ0n) is 15.8. The van der Waals surface area contributed by atoms with Crippen molar-refractivity contribution < 1.29 is 4.79 Å². The van der Waals surface area contributed by atoms with E-state index in [9.17, 15) is 4.79 Å². The summed E-state index contributed by atoms with van der Waals surface area (Å²) in [4.78, 5) is 28.9. The van der Waals surface area contributed by atoms with Crippen LogP contribution < -0.4 is 10.2 Å². The number of carbonyl (C=O) groups is 1. The molecule has 2 amide bonds. The predicted octanol–water partition coefficient (Wildman–Crippen LogP) is 4.40. The Morgan fingerprint density at radius 1 is 1.31 bits per heavy atom. The predicted molar refractivity (Wildman–Crippen MR) is 115 cm³/mol. The number of benzene rings is 1. The molecule has 1 aromatic carbocycles. The number of likely N-dealkylation sites (tertiary alicyclic amines) is 1. The number of rotatable bonds is 3. The topological polar surface area (TPSA) is 77.2 Å². The summed E-state index contributed by atoms with van der Waals surface area (Å²) in [5.41, 5.74) is 1.45. The number of aromatic amines is 1. The lowest BCUT2D eigenvalue weighted by molar-refractivity contribution is 0.220. The zero-order chi connectivity index (χ0) is 20.2. The van der Waals surface area contributed by atoms with Crippen LogP contribution in [0.5, 0.6) is 0 Å². The molecule has 2 N–H and O–H groups in total. The Bertz CT molecular complexity index is 1100. The SMILES string of the molecule is CN(c1ncnc2[nH]ccc12)C1CN(C(=O)Nc2cccc(Cl)c2Cl)CC12CC2. The maximum absolute atomic E-state index is 12.9. The summed E-state index contributed by atoms with van der Waals surface area (Å²) in [5.74, 6) is 0.882. The van der Waals surface area contributed by atoms with Crippen LogP contribution in [0.3, 0.4) is 0 Å². The first-order chi connectivity index (χ1) is 14.0. The van der Waals surface area contributed by atoms with Crippen molar-refractivity contribution in [3.8, 4) is 0 Å². The molecule has 1 spiro atoms. The van der Waals surface area contributed by atoms with Crippen molar-refractivity contribution in [2.75, 3.05) is 30.4 Å². The number of halogens is 2. The minimum atomic E-state index is -0.161. The van der Waals surface area contributed by atoms with Gasteiger partial charge in [0.25, 0.3) is 0 Å². The minimum absolute atomic E-state index is 0.109. The second-order valence-electron chi connectivity index (χ2n) is 7.84. The van der Waals surface area contributed by atoms with Crippen molar-refractivity contribution >= 4 is 51.8 Å². The number of anilines is 2. The number of likely N-dealkylation sites (N-methyl/N-ethyl adjacent to an activating group) is 1. The molecule has 3 heterocycles. The molecular weight excluding hydrogens is 411 g/mol. The molecule has 0 radical (unpaired) electrons. The summed E-state index contributed by atoms with van der Waals surface area (Å²) in [6, 6.07) is 7.23. The van der Waals surface area contributed by atoms with Gasteiger partial charge in [-0.3, -0.25) is 0 Å². The Labute approximate surface area is 178 Å². The third-order valence-corrected chi connectivity index (χ3v) is 6.93. The van der Waals surface area contributed by atoms with Gasteiger partial charge in [0.2, 0.25) is 0 Å². The molecule has 7 nitrogen and oxygen atoms in total. The number of fused-ring (bicyclic) bond motifs is 1. The van der Waals surface area contributed by atoms with Gasteiger partial charge in [-0.1, -0.05) is 29.3 Å². The van der Waals surface area contributed by atoms with Crippen molar-refractivity contribution in [2.24, 2.45) is 5.41 Å². The summed E-state index contributed by atoms with van der Waals surface area (Å²) < 4.78 is 0. The summed E-state index contributed by atoms with van der Waals surface area (Å²) >= 11 is 12.3. The molecule has 3 aromatic rings. The van der Waals surface area contributed by atoms with Crippen LogP contribution in [0.25, 0.3) is 11.0 Å². The van der Waals surface area contributed by atoms with E-state index in [2.05, 4.69) is 32.2 Å². The van der Waals surface area contributed by atoms with E-state index in [0.717, 1.165) is 29.7 Å². The molecule has 5 rings (SSSR count). The lowest BCUT2D eigenvalue weighted by Gasteiger charge is -2.30. The molecule has 150 valence electrons. The molecule has 1 atom stereocenters. The normalized spacial score (nSPS) is 19.7. The van der Waals surface area contributed by atoms with Crippen molar-refractivity contribution in [3.05, 3.63) is 46.8 Å². The van der Waals surface area contributed by atoms with Gasteiger partial charge in [0.05, 0.1) is 27.2 Å². The quantitative estimate of drug-likeness (QED) is 0.645. The Morgan fingerprint density at radius 3 is 2.93 bits per heavy atom. The summed E-state index contributed by atoms with van der Waals surface area (Å²) in [6.07, 6.45) is 5.65. The fraction of sp³-hybridized carbons (Fsp3) is 0.350. The molecule has 1 aliphatic carbocycles. The number of hydrogen-bond donors (Lipinski definition) is 2. The van der Waals surface area contributed by atoms with Crippen LogP contribution in [0.1, 0.15) is 12.8 Å². The minimum Gasteiger partial charge on any atom is -0.354 e. The van der Waals surface area contributed by atoms with Crippen LogP contribution in [0.2, 0.25) is 10.0 Å². The Balaban J connectivity index is 1.37. The van der Waals surface area contributed by atoms with Gasteiger partial charge in [-0.15, -0.1) is 0 Å². The van der Waals surface area contributed by atoms with Crippen LogP contribution >= 0.6 is 23.2 Å². The van der Waals surface area contributed by atoms with Crippen LogP contribution in [0, 0.1) is 5.41 Å². The van der Waals surface area contributed by atoms with Crippen molar-refractivity contribution in [1.82, 2.24) is 19.9 Å². The smallest absolute Gasteiger partial charge is 0.321 e. The molecule has 9 heteroatoms. The van der Waals surface area contributed by atoms with Crippen LogP contribution in [0.4, 0.5) is 16.3 Å². The van der Waals surface area contributed by atoms with E-state index in [0.29, 0.717) is 28.8 Å². The van der Waals surface area contributed by atoms with Gasteiger partial charge < -0.3 is 20.1 Å². The van der Waals surface area contributed by atoms with Gasteiger partial charge >= 0.3 is 6.03 Å². The number of hydrogen-bond acceptors (Lipinski definition) is 4. The number of amides is 2. The van der Waals surface area contributed by atoms with E-state index >= 15 is 0 Å². The molecule has 1 saturated carbocycles. The fourth-order valence-electron chi connectivity index (χ4n) is 4.37. The molecular formula is C20H20Cl2N6O. The fourth-order valence-corrected chi connectivity index (χ4v) is 4.72. The van der Waals surface area contributed by atoms with Gasteiger partial charge in [-0.2, -0.15) is 0 Å². The lowest BCUT2D eigenvalue weighted by Crippen LogP contribution is -2.40. The molecule has 0 bridgehead atoms. The van der Waals surface area contributed by atoms with Gasteiger partial charge in [0.1, 0.15) is 17.8 Å². The molecule has 2 aromatic heterocycles. The lowest BCUT2D eigenvalue weighted by atomic mass is 9.99. The Kier molecular flexibility index (Phi) is 4.33. The van der Waals surface area contributed by atoms with Gasteiger partial charge in [-0.25, -0.2) is 14.8 Å². The van der Waals surface area contributed by atoms with E-state index in [1.807, 2.05) is 17.2 Å². The maximum atomic E-state index is 12.9. The number of nitrogens with zero attached hydrogens (tertiary/aromatic N) is 4. The van der Waals surface area contributed by atoms with E-state index in [1.165, 1.54) is 0 Å². The number of urea groups is 1. The highest BCUT2D eigenvalue weighted by molar-refractivity contribution is 6.43. The third kappa shape index (κ3) is 3.09. The highest BCUT2D eigenvalue weighted by Gasteiger charge is 2.57. The summed E-state index contributed by atoms with van der Waals surface area (Å²) in [5, 5.41) is 4.66. The highest BCUT2D eigenvalue weighted by atomic mass is 35.5. The maximum Gasteiger partial charge on any atom is 0.321 e. The molecule has 2 aliphatic rings. The second-order valence-corrected chi connectivity index (χ2v) is 8.62. The first-order valence-corrected chi connectivity index (χ1v) is 10.2. The number of aromatic nitrogens is 3. The average Bonchev–Trinajstić information content (AvgIpc) is 3.14. The van der Waals surface area contributed by atoms with Gasteiger partial charge in [0, 0.05) is 31.7 Å². The number of carbonyl (C=O) groups excluding carboxylic acids is 1. The van der Waals surface area contributed by atoms with E-state index in [-0.39, 0.29) is 17.5 Å². The molecule has 29 heavy (non-hydrogen) atoms. The molecule has 1 unspecified atom stereocenters. The zero-order valence-corrected chi connectivity index (χ0v) is 17.3. The van der Waals surface area contributed by atoms with Crippen LogP contribution in [-0.2, 0) is 0 Å². The molecule has 2 fully saturated rings. The van der Waals surface area contributed by atoms with Gasteiger partial charge in [-0.05, 0) is 31.0 Å². The average molecular weight is 431 g/mol. The molecule has 1 aliphatic heterocycles.